The number of hydrogen-bond acceptors (Lipinski definition) is 3. The van der Waals surface area contributed by atoms with Crippen LogP contribution in [-0.4, -0.2) is 45.2 Å². The van der Waals surface area contributed by atoms with Crippen LogP contribution < -0.4 is 19.9 Å². The van der Waals surface area contributed by atoms with E-state index in [4.69, 9.17) is 4.74 Å². The molecule has 1 atom stereocenters. The van der Waals surface area contributed by atoms with Crippen molar-refractivity contribution in [3.63, 3.8) is 0 Å². The van der Waals surface area contributed by atoms with Crippen molar-refractivity contribution in [1.29, 1.82) is 0 Å². The van der Waals surface area contributed by atoms with Crippen LogP contribution in [0.25, 0.3) is 0 Å². The predicted octanol–water partition coefficient (Wildman–Crippen LogP) is 1.41. The maximum atomic E-state index is 12.6. The molecule has 144 valence electrons. The molecule has 1 heterocycles. The quantitative estimate of drug-likeness (QED) is 0.811. The van der Waals surface area contributed by atoms with Crippen molar-refractivity contribution < 1.29 is 14.4 Å². The molecule has 27 heavy (non-hydrogen) atoms. The first-order valence-electron chi connectivity index (χ1n) is 9.64. The minimum atomic E-state index is -0.0460. The SMILES string of the molecule is COc1ccccc1N1CC[NH+]([C@H](C)C(=O)NCc2ccc(C)cc2)CC1. The largest absolute Gasteiger partial charge is 0.495 e. The summed E-state index contributed by atoms with van der Waals surface area (Å²) in [5, 5.41) is 3.08. The number of para-hydroxylation sites is 2. The fourth-order valence-electron chi connectivity index (χ4n) is 3.59. The topological polar surface area (TPSA) is 46.0 Å². The number of nitrogens with one attached hydrogen (secondary N) is 2. The van der Waals surface area contributed by atoms with Gasteiger partial charge in [0.05, 0.1) is 39.0 Å². The van der Waals surface area contributed by atoms with Gasteiger partial charge in [-0.15, -0.1) is 0 Å². The van der Waals surface area contributed by atoms with E-state index < -0.39 is 0 Å². The van der Waals surface area contributed by atoms with Gasteiger partial charge in [-0.1, -0.05) is 42.0 Å². The third-order valence-corrected chi connectivity index (χ3v) is 5.42. The van der Waals surface area contributed by atoms with Gasteiger partial charge in [-0.05, 0) is 31.5 Å². The second kappa shape index (κ2) is 8.91. The van der Waals surface area contributed by atoms with Crippen LogP contribution in [0.5, 0.6) is 5.75 Å². The molecule has 0 aromatic heterocycles. The summed E-state index contributed by atoms with van der Waals surface area (Å²) in [5.74, 6) is 1.03. The van der Waals surface area contributed by atoms with Gasteiger partial charge in [0.15, 0.2) is 6.04 Å². The number of aryl methyl sites for hydroxylation is 1. The van der Waals surface area contributed by atoms with Crippen LogP contribution in [0.15, 0.2) is 48.5 Å². The number of quaternary nitrogens is 1. The van der Waals surface area contributed by atoms with E-state index in [2.05, 4.69) is 47.5 Å². The van der Waals surface area contributed by atoms with Gasteiger partial charge in [0.1, 0.15) is 5.75 Å². The van der Waals surface area contributed by atoms with Gasteiger partial charge in [-0.25, -0.2) is 0 Å². The Labute approximate surface area is 161 Å². The van der Waals surface area contributed by atoms with E-state index in [9.17, 15) is 4.79 Å². The van der Waals surface area contributed by atoms with Gasteiger partial charge in [-0.3, -0.25) is 4.79 Å². The lowest BCUT2D eigenvalue weighted by Crippen LogP contribution is -3.19. The van der Waals surface area contributed by atoms with Gasteiger partial charge >= 0.3 is 0 Å². The van der Waals surface area contributed by atoms with Crippen molar-refractivity contribution in [2.45, 2.75) is 26.4 Å². The van der Waals surface area contributed by atoms with Crippen LogP contribution in [0.2, 0.25) is 0 Å². The number of ether oxygens (including phenoxy) is 1. The summed E-state index contributed by atoms with van der Waals surface area (Å²) < 4.78 is 5.48. The summed E-state index contributed by atoms with van der Waals surface area (Å²) in [6, 6.07) is 16.4. The van der Waals surface area contributed by atoms with Gasteiger partial charge < -0.3 is 19.9 Å². The monoisotopic (exact) mass is 368 g/mol. The first-order chi connectivity index (χ1) is 13.1. The molecule has 0 bridgehead atoms. The maximum Gasteiger partial charge on any atom is 0.278 e. The number of rotatable bonds is 6. The summed E-state index contributed by atoms with van der Waals surface area (Å²) in [6.45, 7) is 8.41. The van der Waals surface area contributed by atoms with Crippen molar-refractivity contribution in [2.75, 3.05) is 38.2 Å². The lowest BCUT2D eigenvalue weighted by molar-refractivity contribution is -0.914. The lowest BCUT2D eigenvalue weighted by Gasteiger charge is -2.36. The molecule has 1 aliphatic heterocycles. The molecular formula is C22H30N3O2+. The average molecular weight is 369 g/mol. The molecule has 2 aromatic carbocycles. The number of methoxy groups -OCH3 is 1. The van der Waals surface area contributed by atoms with Crippen molar-refractivity contribution in [3.05, 3.63) is 59.7 Å². The molecule has 2 aromatic rings. The predicted molar refractivity (Wildman–Crippen MR) is 108 cm³/mol. The Morgan fingerprint density at radius 1 is 1.15 bits per heavy atom. The van der Waals surface area contributed by atoms with Crippen LogP contribution in [0, 0.1) is 6.92 Å². The molecule has 1 amide bonds. The van der Waals surface area contributed by atoms with Gasteiger partial charge in [0.2, 0.25) is 0 Å². The summed E-state index contributed by atoms with van der Waals surface area (Å²) in [4.78, 5) is 16.3. The van der Waals surface area contributed by atoms with E-state index in [-0.39, 0.29) is 11.9 Å². The number of anilines is 1. The highest BCUT2D eigenvalue weighted by molar-refractivity contribution is 5.79. The van der Waals surface area contributed by atoms with Gasteiger partial charge in [-0.2, -0.15) is 0 Å². The molecule has 0 unspecified atom stereocenters. The molecule has 0 saturated carbocycles. The Hall–Kier alpha value is -2.53. The number of nitrogens with zero attached hydrogens (tertiary/aromatic N) is 1. The van der Waals surface area contributed by atoms with E-state index in [1.165, 1.54) is 10.5 Å². The third-order valence-electron chi connectivity index (χ3n) is 5.42. The Kier molecular flexibility index (Phi) is 6.35. The second-order valence-corrected chi connectivity index (χ2v) is 7.24. The van der Waals surface area contributed by atoms with Crippen LogP contribution in [0.3, 0.4) is 0 Å². The number of benzene rings is 2. The maximum absolute atomic E-state index is 12.6. The molecule has 0 radical (unpaired) electrons. The molecule has 5 nitrogen and oxygen atoms in total. The van der Waals surface area contributed by atoms with E-state index in [1.54, 1.807) is 7.11 Å². The highest BCUT2D eigenvalue weighted by Gasteiger charge is 2.29. The summed E-state index contributed by atoms with van der Waals surface area (Å²) in [5.41, 5.74) is 3.50. The molecular weight excluding hydrogens is 338 g/mol. The van der Waals surface area contributed by atoms with E-state index >= 15 is 0 Å². The fraction of sp³-hybridized carbons (Fsp3) is 0.409. The number of piperazine rings is 1. The molecule has 1 aliphatic rings. The molecule has 1 saturated heterocycles. The van der Waals surface area contributed by atoms with Crippen LogP contribution in [0.4, 0.5) is 5.69 Å². The summed E-state index contributed by atoms with van der Waals surface area (Å²) in [6.07, 6.45) is 0. The normalized spacial score (nSPS) is 16.0. The summed E-state index contributed by atoms with van der Waals surface area (Å²) >= 11 is 0. The first kappa shape index (κ1) is 19.2. The smallest absolute Gasteiger partial charge is 0.278 e. The molecule has 2 N–H and O–H groups in total. The highest BCUT2D eigenvalue weighted by Crippen LogP contribution is 2.27. The Bertz CT molecular complexity index is 752. The number of carbonyl (C=O) groups is 1. The minimum Gasteiger partial charge on any atom is -0.495 e. The Morgan fingerprint density at radius 2 is 1.81 bits per heavy atom. The van der Waals surface area contributed by atoms with E-state index in [0.717, 1.165) is 43.2 Å². The van der Waals surface area contributed by atoms with Crippen molar-refractivity contribution in [3.8, 4) is 5.75 Å². The summed E-state index contributed by atoms with van der Waals surface area (Å²) in [7, 11) is 1.71. The zero-order valence-electron chi connectivity index (χ0n) is 16.5. The molecule has 1 fully saturated rings. The van der Waals surface area contributed by atoms with Crippen molar-refractivity contribution >= 4 is 11.6 Å². The zero-order valence-corrected chi connectivity index (χ0v) is 16.5. The average Bonchev–Trinajstić information content (AvgIpc) is 2.72. The van der Waals surface area contributed by atoms with Crippen LogP contribution in [0.1, 0.15) is 18.1 Å². The van der Waals surface area contributed by atoms with Crippen LogP contribution >= 0.6 is 0 Å². The molecule has 0 aliphatic carbocycles. The van der Waals surface area contributed by atoms with Crippen molar-refractivity contribution in [2.24, 2.45) is 0 Å². The first-order valence-corrected chi connectivity index (χ1v) is 9.64. The standard InChI is InChI=1S/C22H29N3O2/c1-17-8-10-19(11-9-17)16-23-22(26)18(2)24-12-14-25(15-13-24)20-6-4-5-7-21(20)27-3/h4-11,18H,12-16H2,1-3H3,(H,23,26)/p+1/t18-/m1/s1. The second-order valence-electron chi connectivity index (χ2n) is 7.24. The van der Waals surface area contributed by atoms with Gasteiger partial charge in [0, 0.05) is 6.54 Å². The molecule has 5 heteroatoms. The highest BCUT2D eigenvalue weighted by atomic mass is 16.5. The van der Waals surface area contributed by atoms with Crippen molar-refractivity contribution in [1.82, 2.24) is 5.32 Å². The van der Waals surface area contributed by atoms with E-state index in [0.29, 0.717) is 6.54 Å². The Balaban J connectivity index is 1.51. The number of hydrogen-bond donors (Lipinski definition) is 2. The zero-order chi connectivity index (χ0) is 19.2. The lowest BCUT2D eigenvalue weighted by atomic mass is 10.1. The molecule has 0 spiro atoms. The fourth-order valence-corrected chi connectivity index (χ4v) is 3.59. The van der Waals surface area contributed by atoms with Gasteiger partial charge in [0.25, 0.3) is 5.91 Å². The Morgan fingerprint density at radius 3 is 2.48 bits per heavy atom. The van der Waals surface area contributed by atoms with E-state index in [1.807, 2.05) is 25.1 Å². The third kappa shape index (κ3) is 4.80. The number of carbonyl (C=O) groups excluding carboxylic acids is 1. The number of amides is 1. The molecule has 3 rings (SSSR count). The van der Waals surface area contributed by atoms with Crippen LogP contribution in [-0.2, 0) is 11.3 Å². The minimum absolute atomic E-state index is 0.0460.